The van der Waals surface area contributed by atoms with Crippen LogP contribution in [0.4, 0.5) is 0 Å². The highest BCUT2D eigenvalue weighted by Crippen LogP contribution is 2.34. The van der Waals surface area contributed by atoms with Crippen LogP contribution < -0.4 is 5.32 Å². The molecular weight excluding hydrogens is 210 g/mol. The monoisotopic (exact) mass is 223 g/mol. The Labute approximate surface area is 92.3 Å². The zero-order chi connectivity index (χ0) is 11.1. The minimum Gasteiger partial charge on any atom is -0.373 e. The van der Waals surface area contributed by atoms with Crippen molar-refractivity contribution in [2.24, 2.45) is 0 Å². The van der Waals surface area contributed by atoms with Crippen LogP contribution in [0.1, 0.15) is 35.4 Å². The van der Waals surface area contributed by atoms with E-state index in [-0.39, 0.29) is 23.7 Å². The second-order valence-corrected chi connectivity index (χ2v) is 4.39. The lowest BCUT2D eigenvalue weighted by Crippen LogP contribution is -2.41. The summed E-state index contributed by atoms with van der Waals surface area (Å²) < 4.78 is 10.2. The van der Waals surface area contributed by atoms with Gasteiger partial charge in [-0.25, -0.2) is 4.63 Å². The van der Waals surface area contributed by atoms with Crippen molar-refractivity contribution >= 4 is 5.91 Å². The fourth-order valence-electron chi connectivity index (χ4n) is 2.46. The first-order valence-electron chi connectivity index (χ1n) is 5.49. The quantitative estimate of drug-likeness (QED) is 0.786. The van der Waals surface area contributed by atoms with Crippen LogP contribution in [0.2, 0.25) is 0 Å². The first-order valence-corrected chi connectivity index (χ1v) is 5.49. The molecule has 2 bridgehead atoms. The van der Waals surface area contributed by atoms with Crippen LogP contribution in [-0.2, 0) is 4.74 Å². The summed E-state index contributed by atoms with van der Waals surface area (Å²) in [5, 5.41) is 10.1. The summed E-state index contributed by atoms with van der Waals surface area (Å²) in [5.74, 6) is -0.222. The van der Waals surface area contributed by atoms with E-state index < -0.39 is 0 Å². The molecule has 1 N–H and O–H groups in total. The van der Waals surface area contributed by atoms with Crippen LogP contribution in [0.15, 0.2) is 4.63 Å². The summed E-state index contributed by atoms with van der Waals surface area (Å²) in [4.78, 5) is 11.8. The van der Waals surface area contributed by atoms with E-state index in [2.05, 4.69) is 20.3 Å². The number of aryl methyl sites for hydroxylation is 1. The molecule has 3 atom stereocenters. The molecule has 16 heavy (non-hydrogen) atoms. The van der Waals surface area contributed by atoms with Crippen molar-refractivity contribution < 1.29 is 14.2 Å². The van der Waals surface area contributed by atoms with Gasteiger partial charge in [-0.1, -0.05) is 5.16 Å². The van der Waals surface area contributed by atoms with E-state index in [9.17, 15) is 4.79 Å². The van der Waals surface area contributed by atoms with Gasteiger partial charge in [-0.05, 0) is 31.3 Å². The van der Waals surface area contributed by atoms with Crippen molar-refractivity contribution in [1.29, 1.82) is 0 Å². The van der Waals surface area contributed by atoms with E-state index in [0.717, 1.165) is 19.3 Å². The van der Waals surface area contributed by atoms with Gasteiger partial charge in [0.15, 0.2) is 5.69 Å². The van der Waals surface area contributed by atoms with E-state index in [4.69, 9.17) is 4.74 Å². The van der Waals surface area contributed by atoms with Crippen molar-refractivity contribution in [2.45, 2.75) is 44.4 Å². The molecule has 0 aliphatic carbocycles. The van der Waals surface area contributed by atoms with Gasteiger partial charge >= 0.3 is 0 Å². The number of hydrogen-bond donors (Lipinski definition) is 1. The lowest BCUT2D eigenvalue weighted by molar-refractivity contribution is 0.0834. The maximum atomic E-state index is 11.8. The molecule has 2 aliphatic rings. The van der Waals surface area contributed by atoms with Crippen molar-refractivity contribution in [2.75, 3.05) is 0 Å². The highest BCUT2D eigenvalue weighted by atomic mass is 16.6. The Kier molecular flexibility index (Phi) is 2.17. The van der Waals surface area contributed by atoms with Gasteiger partial charge in [0.25, 0.3) is 5.91 Å². The predicted octanol–water partition coefficient (Wildman–Crippen LogP) is 0.428. The molecule has 3 rings (SSSR count). The molecule has 0 spiro atoms. The van der Waals surface area contributed by atoms with Crippen LogP contribution in [-0.4, -0.2) is 34.5 Å². The highest BCUT2D eigenvalue weighted by molar-refractivity contribution is 5.93. The molecule has 1 aromatic rings. The first-order chi connectivity index (χ1) is 7.74. The van der Waals surface area contributed by atoms with Crippen molar-refractivity contribution in [3.05, 3.63) is 11.4 Å². The largest absolute Gasteiger partial charge is 0.373 e. The molecule has 0 saturated carbocycles. The SMILES string of the molecule is Cc1nonc1C(=O)N[C@@H]1C[C@@H]2CC[C@H]1O2. The number of carbonyl (C=O) groups is 1. The number of hydrogen-bond acceptors (Lipinski definition) is 5. The van der Waals surface area contributed by atoms with Gasteiger partial charge in [0.2, 0.25) is 0 Å². The van der Waals surface area contributed by atoms with Gasteiger partial charge in [-0.2, -0.15) is 0 Å². The molecule has 2 aliphatic heterocycles. The Hall–Kier alpha value is -1.43. The summed E-state index contributed by atoms with van der Waals surface area (Å²) in [5.41, 5.74) is 0.782. The molecule has 0 radical (unpaired) electrons. The number of nitrogens with zero attached hydrogens (tertiary/aromatic N) is 2. The average molecular weight is 223 g/mol. The third-order valence-electron chi connectivity index (χ3n) is 3.29. The molecule has 6 nitrogen and oxygen atoms in total. The maximum absolute atomic E-state index is 11.8. The molecule has 6 heteroatoms. The summed E-state index contributed by atoms with van der Waals surface area (Å²) in [7, 11) is 0. The van der Waals surface area contributed by atoms with E-state index in [1.54, 1.807) is 6.92 Å². The summed E-state index contributed by atoms with van der Waals surface area (Å²) >= 11 is 0. The zero-order valence-corrected chi connectivity index (χ0v) is 8.97. The van der Waals surface area contributed by atoms with Gasteiger partial charge in [-0.3, -0.25) is 4.79 Å². The summed E-state index contributed by atoms with van der Waals surface area (Å²) in [6.07, 6.45) is 3.55. The van der Waals surface area contributed by atoms with Crippen molar-refractivity contribution in [3.63, 3.8) is 0 Å². The Morgan fingerprint density at radius 2 is 2.31 bits per heavy atom. The van der Waals surface area contributed by atoms with Crippen LogP contribution >= 0.6 is 0 Å². The highest BCUT2D eigenvalue weighted by Gasteiger charge is 2.41. The number of fused-ring (bicyclic) bond motifs is 2. The third kappa shape index (κ3) is 1.49. The molecule has 86 valence electrons. The van der Waals surface area contributed by atoms with Gasteiger partial charge in [0, 0.05) is 0 Å². The Bertz CT molecular complexity index is 417. The second kappa shape index (κ2) is 3.55. The fourth-order valence-corrected chi connectivity index (χ4v) is 2.46. The van der Waals surface area contributed by atoms with E-state index in [0.29, 0.717) is 11.8 Å². The molecule has 2 saturated heterocycles. The Morgan fingerprint density at radius 3 is 2.88 bits per heavy atom. The first kappa shape index (κ1) is 9.77. The van der Waals surface area contributed by atoms with E-state index in [1.165, 1.54) is 0 Å². The minimum atomic E-state index is -0.222. The lowest BCUT2D eigenvalue weighted by atomic mass is 9.95. The number of aromatic nitrogens is 2. The number of rotatable bonds is 2. The van der Waals surface area contributed by atoms with Gasteiger partial charge in [0.1, 0.15) is 5.69 Å². The Balaban J connectivity index is 1.67. The van der Waals surface area contributed by atoms with Crippen LogP contribution in [0.5, 0.6) is 0 Å². The number of ether oxygens (including phenoxy) is 1. The number of carbonyl (C=O) groups excluding carboxylic acids is 1. The van der Waals surface area contributed by atoms with E-state index >= 15 is 0 Å². The second-order valence-electron chi connectivity index (χ2n) is 4.39. The van der Waals surface area contributed by atoms with Crippen LogP contribution in [0.25, 0.3) is 0 Å². The normalized spacial score (nSPS) is 31.9. The fraction of sp³-hybridized carbons (Fsp3) is 0.700. The zero-order valence-electron chi connectivity index (χ0n) is 8.97. The van der Waals surface area contributed by atoms with Gasteiger partial charge in [0.05, 0.1) is 18.2 Å². The molecule has 0 unspecified atom stereocenters. The average Bonchev–Trinajstić information content (AvgIpc) is 2.92. The van der Waals surface area contributed by atoms with Gasteiger partial charge < -0.3 is 10.1 Å². The summed E-state index contributed by atoms with van der Waals surface area (Å²) in [6, 6.07) is 0.113. The molecule has 3 heterocycles. The molecule has 2 fully saturated rings. The lowest BCUT2D eigenvalue weighted by Gasteiger charge is -2.19. The Morgan fingerprint density at radius 1 is 1.44 bits per heavy atom. The molecule has 1 aromatic heterocycles. The predicted molar refractivity (Wildman–Crippen MR) is 52.8 cm³/mol. The van der Waals surface area contributed by atoms with Gasteiger partial charge in [-0.15, -0.1) is 0 Å². The summed E-state index contributed by atoms with van der Waals surface area (Å²) in [6.45, 7) is 1.70. The minimum absolute atomic E-state index is 0.113. The third-order valence-corrected chi connectivity index (χ3v) is 3.29. The van der Waals surface area contributed by atoms with E-state index in [1.807, 2.05) is 0 Å². The van der Waals surface area contributed by atoms with Crippen LogP contribution in [0.3, 0.4) is 0 Å². The smallest absolute Gasteiger partial charge is 0.275 e. The van der Waals surface area contributed by atoms with Crippen molar-refractivity contribution in [3.8, 4) is 0 Å². The number of amides is 1. The topological polar surface area (TPSA) is 77.2 Å². The van der Waals surface area contributed by atoms with Crippen LogP contribution in [0, 0.1) is 6.92 Å². The number of nitrogens with one attached hydrogen (secondary N) is 1. The standard InChI is InChI=1S/C10H13N3O3/c1-5-9(13-16-12-5)10(14)11-7-4-6-2-3-8(7)15-6/h6-8H,2-4H2,1H3,(H,11,14)/t6-,7+,8+/m0/s1. The molecule has 1 amide bonds. The van der Waals surface area contributed by atoms with Crippen molar-refractivity contribution in [1.82, 2.24) is 15.6 Å². The maximum Gasteiger partial charge on any atom is 0.275 e. The molecule has 0 aromatic carbocycles. The molecular formula is C10H13N3O3.